The first-order valence-electron chi connectivity index (χ1n) is 22.7. The molecular formula is C56H47FN6O6. The highest BCUT2D eigenvalue weighted by atomic mass is 19.1. The van der Waals surface area contributed by atoms with Crippen LogP contribution >= 0.6 is 0 Å². The van der Waals surface area contributed by atoms with E-state index in [4.69, 9.17) is 24.7 Å². The number of hydrogen-bond acceptors (Lipinski definition) is 10. The van der Waals surface area contributed by atoms with Gasteiger partial charge in [-0.1, -0.05) is 194 Å². The number of nitrogens with zero attached hydrogens (tertiary/aromatic N) is 5. The molecule has 9 aromatic rings. The van der Waals surface area contributed by atoms with Crippen LogP contribution < -0.4 is 10.5 Å². The highest BCUT2D eigenvalue weighted by Gasteiger charge is 2.53. The average Bonchev–Trinajstić information content (AvgIpc) is 3.96. The minimum Gasteiger partial charge on any atom is -0.476 e. The van der Waals surface area contributed by atoms with Crippen LogP contribution in [0.2, 0.25) is 0 Å². The quantitative estimate of drug-likeness (QED) is 0.0531. The lowest BCUT2D eigenvalue weighted by Crippen LogP contribution is -2.45. The first kappa shape index (κ1) is 44.7. The van der Waals surface area contributed by atoms with Crippen LogP contribution in [-0.4, -0.2) is 56.0 Å². The summed E-state index contributed by atoms with van der Waals surface area (Å²) >= 11 is 0. The number of nitro benzene ring substituents is 1. The molecule has 0 spiro atoms. The topological polar surface area (TPSA) is 150 Å². The van der Waals surface area contributed by atoms with E-state index in [2.05, 4.69) is 15.0 Å². The SMILES string of the molecule is Nc1nc(OCCc2ccc([N+](=O)[O-])cc2)c2ncn([C@@H]3O[C@H](COC(c4ccccc4)(c4ccccc4)c4ccccc4)[C@@H](OC(c4ccccc4)(c4ccccc4)c4ccccc4)[C@@H]3F)c2n1. The van der Waals surface area contributed by atoms with Gasteiger partial charge < -0.3 is 24.7 Å². The molecule has 7 aromatic carbocycles. The largest absolute Gasteiger partial charge is 0.476 e. The van der Waals surface area contributed by atoms with Crippen molar-refractivity contribution in [3.8, 4) is 5.88 Å². The van der Waals surface area contributed by atoms with Crippen LogP contribution in [0.15, 0.2) is 213 Å². The summed E-state index contributed by atoms with van der Waals surface area (Å²) in [7, 11) is 0. The van der Waals surface area contributed by atoms with Gasteiger partial charge in [0.1, 0.15) is 23.4 Å². The number of rotatable bonds is 17. The Morgan fingerprint density at radius 3 is 1.54 bits per heavy atom. The highest BCUT2D eigenvalue weighted by Crippen LogP contribution is 2.48. The molecule has 2 N–H and O–H groups in total. The predicted molar refractivity (Wildman–Crippen MR) is 260 cm³/mol. The molecule has 0 unspecified atom stereocenters. The van der Waals surface area contributed by atoms with Gasteiger partial charge in [0.2, 0.25) is 11.8 Å². The van der Waals surface area contributed by atoms with Crippen LogP contribution in [-0.2, 0) is 31.8 Å². The Morgan fingerprint density at radius 1 is 0.638 bits per heavy atom. The number of ether oxygens (including phenoxy) is 4. The number of halogens is 1. The van der Waals surface area contributed by atoms with Gasteiger partial charge in [-0.05, 0) is 38.9 Å². The first-order valence-corrected chi connectivity index (χ1v) is 22.7. The molecule has 4 atom stereocenters. The number of imidazole rings is 1. The first-order chi connectivity index (χ1) is 33.8. The third-order valence-corrected chi connectivity index (χ3v) is 12.6. The summed E-state index contributed by atoms with van der Waals surface area (Å²) in [6.07, 6.45) is -3.63. The van der Waals surface area contributed by atoms with E-state index < -0.39 is 40.7 Å². The third kappa shape index (κ3) is 8.70. The highest BCUT2D eigenvalue weighted by molar-refractivity contribution is 5.77. The Balaban J connectivity index is 1.08. The van der Waals surface area contributed by atoms with Crippen molar-refractivity contribution in [1.82, 2.24) is 19.5 Å². The summed E-state index contributed by atoms with van der Waals surface area (Å²) < 4.78 is 47.9. The number of nitrogen functional groups attached to an aromatic ring is 1. The monoisotopic (exact) mass is 918 g/mol. The lowest BCUT2D eigenvalue weighted by Gasteiger charge is -2.40. The van der Waals surface area contributed by atoms with E-state index in [1.54, 1.807) is 12.1 Å². The zero-order valence-corrected chi connectivity index (χ0v) is 37.3. The van der Waals surface area contributed by atoms with Gasteiger partial charge in [-0.2, -0.15) is 9.97 Å². The van der Waals surface area contributed by atoms with Crippen molar-refractivity contribution in [2.75, 3.05) is 18.9 Å². The van der Waals surface area contributed by atoms with E-state index in [0.29, 0.717) is 6.42 Å². The summed E-state index contributed by atoms with van der Waals surface area (Å²) in [6, 6.07) is 65.6. The molecule has 0 radical (unpaired) electrons. The molecule has 13 heteroatoms. The molecule has 0 bridgehead atoms. The lowest BCUT2D eigenvalue weighted by atomic mass is 9.79. The van der Waals surface area contributed by atoms with Crippen molar-refractivity contribution in [2.24, 2.45) is 0 Å². The summed E-state index contributed by atoms with van der Waals surface area (Å²) in [6.45, 7) is 0.0131. The number of benzene rings is 7. The molecule has 2 aromatic heterocycles. The number of non-ortho nitro benzene ring substituents is 1. The molecule has 12 nitrogen and oxygen atoms in total. The normalized spacial score (nSPS) is 17.2. The number of fused-ring (bicyclic) bond motifs is 1. The van der Waals surface area contributed by atoms with Crippen LogP contribution in [0.5, 0.6) is 5.88 Å². The fourth-order valence-corrected chi connectivity index (χ4v) is 9.34. The maximum atomic E-state index is 18.4. The number of aromatic nitrogens is 4. The molecule has 0 aliphatic carbocycles. The Morgan fingerprint density at radius 2 is 1.09 bits per heavy atom. The van der Waals surface area contributed by atoms with Crippen LogP contribution in [0.25, 0.3) is 11.2 Å². The average molecular weight is 919 g/mol. The second-order valence-corrected chi connectivity index (χ2v) is 16.7. The molecule has 69 heavy (non-hydrogen) atoms. The third-order valence-electron chi connectivity index (χ3n) is 12.6. The number of hydrogen-bond donors (Lipinski definition) is 1. The van der Waals surface area contributed by atoms with Gasteiger partial charge >= 0.3 is 0 Å². The Bertz CT molecular complexity index is 2920. The predicted octanol–water partition coefficient (Wildman–Crippen LogP) is 10.6. The van der Waals surface area contributed by atoms with Crippen molar-refractivity contribution in [3.63, 3.8) is 0 Å². The molecule has 3 heterocycles. The second-order valence-electron chi connectivity index (χ2n) is 16.7. The van der Waals surface area contributed by atoms with E-state index in [1.165, 1.54) is 23.0 Å². The van der Waals surface area contributed by atoms with E-state index in [0.717, 1.165) is 38.9 Å². The number of anilines is 1. The van der Waals surface area contributed by atoms with E-state index in [1.807, 2.05) is 182 Å². The van der Waals surface area contributed by atoms with Crippen molar-refractivity contribution >= 4 is 22.8 Å². The van der Waals surface area contributed by atoms with Gasteiger partial charge in [0.15, 0.2) is 23.6 Å². The molecule has 10 rings (SSSR count). The van der Waals surface area contributed by atoms with Crippen LogP contribution in [0, 0.1) is 10.1 Å². The fraction of sp³-hybridized carbons (Fsp3) is 0.161. The number of alkyl halides is 1. The van der Waals surface area contributed by atoms with Gasteiger partial charge in [0.25, 0.3) is 5.69 Å². The molecule has 1 aliphatic rings. The zero-order chi connectivity index (χ0) is 47.2. The number of nitro groups is 1. The van der Waals surface area contributed by atoms with Gasteiger partial charge in [0, 0.05) is 18.6 Å². The maximum Gasteiger partial charge on any atom is 0.269 e. The van der Waals surface area contributed by atoms with Gasteiger partial charge in [0.05, 0.1) is 24.5 Å². The smallest absolute Gasteiger partial charge is 0.269 e. The van der Waals surface area contributed by atoms with Crippen molar-refractivity contribution in [3.05, 3.63) is 262 Å². The molecule has 1 aliphatic heterocycles. The fourth-order valence-electron chi connectivity index (χ4n) is 9.34. The standard InChI is InChI=1S/C56H47FN6O6/c57-48-50(69-56(43-25-13-4-14-26-43,44-27-15-5-16-28-44)45-29-17-6-18-30-45)47(37-67-55(40-19-7-1-8-20-40,41-21-9-2-10-22-41)42-23-11-3-12-24-42)68-53(48)62-38-59-49-51(62)60-54(58)61-52(49)66-36-35-39-31-33-46(34-32-39)63(64)65/h1-34,38,47-48,50,53H,35-37H2,(H2,58,60,61)/t47-,48+,50-,53-/m1/s1. The molecule has 0 saturated carbocycles. The minimum absolute atomic E-state index is 0.00831. The minimum atomic E-state index is -1.84. The van der Waals surface area contributed by atoms with E-state index in [-0.39, 0.29) is 41.9 Å². The summed E-state index contributed by atoms with van der Waals surface area (Å²) in [5.41, 5.74) is 10.0. The van der Waals surface area contributed by atoms with Crippen LogP contribution in [0.4, 0.5) is 16.0 Å². The number of nitrogens with two attached hydrogens (primary N) is 1. The van der Waals surface area contributed by atoms with Crippen molar-refractivity contribution in [1.29, 1.82) is 0 Å². The van der Waals surface area contributed by atoms with Gasteiger partial charge in [-0.25, -0.2) is 9.37 Å². The lowest BCUT2D eigenvalue weighted by molar-refractivity contribution is -0.384. The Hall–Kier alpha value is -8.10. The molecule has 344 valence electrons. The van der Waals surface area contributed by atoms with Crippen LogP contribution in [0.3, 0.4) is 0 Å². The molecule has 1 fully saturated rings. The summed E-state index contributed by atoms with van der Waals surface area (Å²) in [5, 5.41) is 11.2. The Kier molecular flexibility index (Phi) is 12.7. The second kappa shape index (κ2) is 19.6. The molecular weight excluding hydrogens is 872 g/mol. The summed E-state index contributed by atoms with van der Waals surface area (Å²) in [5.74, 6) is -0.0286. The zero-order valence-electron chi connectivity index (χ0n) is 37.3. The van der Waals surface area contributed by atoms with Crippen LogP contribution in [0.1, 0.15) is 45.2 Å². The Labute approximate surface area is 397 Å². The van der Waals surface area contributed by atoms with Crippen molar-refractivity contribution in [2.45, 2.75) is 42.2 Å². The van der Waals surface area contributed by atoms with E-state index in [9.17, 15) is 10.1 Å². The molecule has 1 saturated heterocycles. The summed E-state index contributed by atoms with van der Waals surface area (Å²) in [4.78, 5) is 24.3. The van der Waals surface area contributed by atoms with E-state index >= 15 is 4.39 Å². The maximum absolute atomic E-state index is 18.4. The van der Waals surface area contributed by atoms with Crippen molar-refractivity contribution < 1.29 is 28.3 Å². The van der Waals surface area contributed by atoms with Gasteiger partial charge in [-0.15, -0.1) is 0 Å². The molecule has 0 amide bonds. The van der Waals surface area contributed by atoms with Gasteiger partial charge in [-0.3, -0.25) is 14.7 Å².